The lowest BCUT2D eigenvalue weighted by Crippen LogP contribution is -2.36. The summed E-state index contributed by atoms with van der Waals surface area (Å²) in [5, 5.41) is 11.8. The number of benzene rings is 4. The quantitative estimate of drug-likeness (QED) is 0.276. The number of nitrogens with zero attached hydrogens (tertiary/aromatic N) is 3. The maximum Gasteiger partial charge on any atom is 0.231 e. The van der Waals surface area contributed by atoms with Gasteiger partial charge < -0.3 is 5.11 Å². The van der Waals surface area contributed by atoms with Crippen molar-refractivity contribution in [3.05, 3.63) is 131 Å². The van der Waals surface area contributed by atoms with Crippen molar-refractivity contribution in [2.24, 2.45) is 4.99 Å². The minimum absolute atomic E-state index is 0.387. The number of imidazole rings is 1. The van der Waals surface area contributed by atoms with Crippen LogP contribution in [0.25, 0.3) is 22.5 Å². The van der Waals surface area contributed by atoms with Crippen LogP contribution in [0.2, 0.25) is 0 Å². The molecule has 1 N–H and O–H groups in total. The molecule has 4 aromatic carbocycles. The molecule has 2 heterocycles. The number of rotatable bonds is 4. The van der Waals surface area contributed by atoms with Crippen LogP contribution in [-0.2, 0) is 0 Å². The van der Waals surface area contributed by atoms with Gasteiger partial charge in [0, 0.05) is 15.6 Å². The summed E-state index contributed by atoms with van der Waals surface area (Å²) >= 11 is 3.50. The first-order valence-electron chi connectivity index (χ1n) is 11.5. The third-order valence-electron chi connectivity index (χ3n) is 6.35. The fourth-order valence-electron chi connectivity index (χ4n) is 4.73. The molecule has 35 heavy (non-hydrogen) atoms. The molecule has 0 bridgehead atoms. The van der Waals surface area contributed by atoms with E-state index in [-0.39, 0.29) is 6.04 Å². The number of aliphatic imine (C=N–C) groups is 1. The van der Waals surface area contributed by atoms with Crippen LogP contribution in [0.3, 0.4) is 0 Å². The molecule has 6 rings (SSSR count). The van der Waals surface area contributed by atoms with Crippen molar-refractivity contribution in [2.75, 3.05) is 0 Å². The molecule has 170 valence electrons. The Balaban J connectivity index is 1.66. The maximum atomic E-state index is 11.8. The third-order valence-corrected chi connectivity index (χ3v) is 6.87. The molecule has 0 aliphatic carbocycles. The minimum atomic E-state index is -0.855. The highest BCUT2D eigenvalue weighted by atomic mass is 79.9. The Morgan fingerprint density at radius 2 is 1.23 bits per heavy atom. The normalized spacial score (nSPS) is 17.0. The first kappa shape index (κ1) is 21.7. The van der Waals surface area contributed by atoms with E-state index in [4.69, 9.17) is 9.98 Å². The van der Waals surface area contributed by atoms with Gasteiger partial charge in [0.2, 0.25) is 5.95 Å². The molecule has 1 aliphatic heterocycles. The Bertz CT molecular complexity index is 1490. The van der Waals surface area contributed by atoms with E-state index in [1.54, 1.807) is 0 Å². The zero-order valence-corrected chi connectivity index (χ0v) is 20.4. The molecule has 2 unspecified atom stereocenters. The van der Waals surface area contributed by atoms with E-state index in [2.05, 4.69) is 56.9 Å². The summed E-state index contributed by atoms with van der Waals surface area (Å²) in [5.41, 5.74) is 6.32. The molecule has 0 amide bonds. The van der Waals surface area contributed by atoms with E-state index >= 15 is 0 Å². The second-order valence-corrected chi connectivity index (χ2v) is 9.43. The molecule has 0 radical (unpaired) electrons. The van der Waals surface area contributed by atoms with Crippen molar-refractivity contribution < 1.29 is 5.11 Å². The predicted molar refractivity (Wildman–Crippen MR) is 144 cm³/mol. The molecule has 5 aromatic rings. The van der Waals surface area contributed by atoms with Crippen molar-refractivity contribution in [3.63, 3.8) is 0 Å². The van der Waals surface area contributed by atoms with E-state index < -0.39 is 6.10 Å². The van der Waals surface area contributed by atoms with E-state index in [1.165, 1.54) is 0 Å². The number of hydrogen-bond acceptors (Lipinski definition) is 3. The van der Waals surface area contributed by atoms with Crippen LogP contribution in [0.4, 0.5) is 5.95 Å². The van der Waals surface area contributed by atoms with Crippen LogP contribution in [0.5, 0.6) is 0 Å². The predicted octanol–water partition coefficient (Wildman–Crippen LogP) is 7.06. The second-order valence-electron chi connectivity index (χ2n) is 8.52. The number of aromatic nitrogens is 2. The summed E-state index contributed by atoms with van der Waals surface area (Å²) in [5.74, 6) is 0.583. The SMILES string of the molecule is OC1C(c2ccc(Br)cc2)=Nc2nc(-c3ccccc3)c(-c3ccccc3)n2C1c1ccccc1. The molecular weight excluding hydrogens is 498 g/mol. The van der Waals surface area contributed by atoms with Crippen LogP contribution in [0.15, 0.2) is 125 Å². The Morgan fingerprint density at radius 3 is 1.86 bits per heavy atom. The van der Waals surface area contributed by atoms with Gasteiger partial charge in [-0.25, -0.2) is 9.98 Å². The fraction of sp³-hybridized carbons (Fsp3) is 0.0667. The van der Waals surface area contributed by atoms with E-state index in [9.17, 15) is 5.11 Å². The number of aliphatic hydroxyl groups is 1. The molecule has 0 saturated carbocycles. The van der Waals surface area contributed by atoms with Gasteiger partial charge in [-0.1, -0.05) is 119 Å². The third kappa shape index (κ3) is 3.93. The van der Waals surface area contributed by atoms with Crippen molar-refractivity contribution in [1.29, 1.82) is 0 Å². The van der Waals surface area contributed by atoms with Gasteiger partial charge in [-0.3, -0.25) is 4.57 Å². The Hall–Kier alpha value is -3.80. The van der Waals surface area contributed by atoms with Crippen LogP contribution in [0, 0.1) is 0 Å². The second kappa shape index (κ2) is 9.10. The molecule has 4 nitrogen and oxygen atoms in total. The largest absolute Gasteiger partial charge is 0.384 e. The highest BCUT2D eigenvalue weighted by Gasteiger charge is 2.37. The van der Waals surface area contributed by atoms with Gasteiger partial charge in [0.15, 0.2) is 0 Å². The average molecular weight is 520 g/mol. The topological polar surface area (TPSA) is 50.4 Å². The van der Waals surface area contributed by atoms with E-state index in [1.807, 2.05) is 78.9 Å². The van der Waals surface area contributed by atoms with Crippen molar-refractivity contribution in [1.82, 2.24) is 9.55 Å². The molecule has 2 atom stereocenters. The monoisotopic (exact) mass is 519 g/mol. The highest BCUT2D eigenvalue weighted by molar-refractivity contribution is 9.10. The smallest absolute Gasteiger partial charge is 0.231 e. The Labute approximate surface area is 212 Å². The summed E-state index contributed by atoms with van der Waals surface area (Å²) in [4.78, 5) is 9.99. The highest BCUT2D eigenvalue weighted by Crippen LogP contribution is 2.43. The van der Waals surface area contributed by atoms with Crippen molar-refractivity contribution >= 4 is 27.6 Å². The molecule has 0 fully saturated rings. The van der Waals surface area contributed by atoms with Gasteiger partial charge in [-0.05, 0) is 23.3 Å². The summed E-state index contributed by atoms with van der Waals surface area (Å²) < 4.78 is 3.08. The lowest BCUT2D eigenvalue weighted by Gasteiger charge is -2.32. The maximum absolute atomic E-state index is 11.8. The van der Waals surface area contributed by atoms with Gasteiger partial charge in [-0.15, -0.1) is 0 Å². The average Bonchev–Trinajstić information content (AvgIpc) is 3.29. The van der Waals surface area contributed by atoms with Crippen molar-refractivity contribution in [2.45, 2.75) is 12.1 Å². The first-order valence-corrected chi connectivity index (χ1v) is 12.3. The van der Waals surface area contributed by atoms with Gasteiger partial charge in [0.25, 0.3) is 0 Å². The summed E-state index contributed by atoms with van der Waals surface area (Å²) in [6.45, 7) is 0. The summed E-state index contributed by atoms with van der Waals surface area (Å²) in [6.07, 6.45) is -0.855. The standard InChI is InChI=1S/C30H22BrN3O/c31-24-18-16-21(17-19-24)26-29(35)28(23-14-8-3-9-15-23)34-27(22-12-6-2-7-13-22)25(32-30(34)33-26)20-10-4-1-5-11-20/h1-19,28-29,35H. The number of fused-ring (bicyclic) bond motifs is 1. The number of halogens is 1. The van der Waals surface area contributed by atoms with Crippen LogP contribution >= 0.6 is 15.9 Å². The lowest BCUT2D eigenvalue weighted by atomic mass is 9.92. The molecule has 0 spiro atoms. The van der Waals surface area contributed by atoms with Crippen LogP contribution in [-0.4, -0.2) is 26.5 Å². The van der Waals surface area contributed by atoms with Gasteiger partial charge in [-0.2, -0.15) is 0 Å². The van der Waals surface area contributed by atoms with E-state index in [0.29, 0.717) is 11.7 Å². The lowest BCUT2D eigenvalue weighted by molar-refractivity contribution is 0.191. The Kier molecular flexibility index (Phi) is 5.64. The summed E-state index contributed by atoms with van der Waals surface area (Å²) in [7, 11) is 0. The first-order chi connectivity index (χ1) is 17.2. The Morgan fingerprint density at radius 1 is 0.657 bits per heavy atom. The fourth-order valence-corrected chi connectivity index (χ4v) is 5.00. The molecular formula is C30H22BrN3O. The molecule has 1 aliphatic rings. The number of hydrogen-bond donors (Lipinski definition) is 1. The van der Waals surface area contributed by atoms with Gasteiger partial charge in [0.05, 0.1) is 23.1 Å². The molecule has 5 heteroatoms. The zero-order valence-electron chi connectivity index (χ0n) is 18.8. The zero-order chi connectivity index (χ0) is 23.8. The van der Waals surface area contributed by atoms with Gasteiger partial charge >= 0.3 is 0 Å². The van der Waals surface area contributed by atoms with E-state index in [0.717, 1.165) is 38.1 Å². The number of aliphatic hydroxyl groups excluding tert-OH is 1. The van der Waals surface area contributed by atoms with Crippen molar-refractivity contribution in [3.8, 4) is 22.5 Å². The molecule has 1 aromatic heterocycles. The van der Waals surface area contributed by atoms with Crippen LogP contribution < -0.4 is 0 Å². The summed E-state index contributed by atoms with van der Waals surface area (Å²) in [6, 6.07) is 38.0. The molecule has 0 saturated heterocycles. The minimum Gasteiger partial charge on any atom is -0.384 e. The van der Waals surface area contributed by atoms with Gasteiger partial charge in [0.1, 0.15) is 6.10 Å². The van der Waals surface area contributed by atoms with Crippen LogP contribution in [0.1, 0.15) is 17.2 Å².